The number of phosphoric acid groups is 1. The Labute approximate surface area is 298 Å². The Balaban J connectivity index is 1.89. The van der Waals surface area contributed by atoms with Crippen molar-refractivity contribution in [3.63, 3.8) is 0 Å². The molecule has 3 N–H and O–H groups in total. The zero-order valence-corrected chi connectivity index (χ0v) is 28.7. The summed E-state index contributed by atoms with van der Waals surface area (Å²) in [5.74, 6) is 47.2. The molecule has 10 nitrogen and oxygen atoms in total. The van der Waals surface area contributed by atoms with Gasteiger partial charge in [-0.3, -0.25) is 14.4 Å². The minimum absolute atomic E-state index is 0.0184. The Bertz CT molecular complexity index is 2090. The van der Waals surface area contributed by atoms with E-state index in [-0.39, 0.29) is 24.7 Å². The highest BCUT2D eigenvalue weighted by atomic mass is 32.1. The number of rotatable bonds is 9. The van der Waals surface area contributed by atoms with Crippen molar-refractivity contribution < 1.29 is 37.5 Å². The summed E-state index contributed by atoms with van der Waals surface area (Å²) in [5.41, 5.74) is 0.782. The lowest BCUT2D eigenvalue weighted by Crippen LogP contribution is -2.47. The zero-order chi connectivity index (χ0) is 36.3. The topological polar surface area (TPSA) is 125 Å². The van der Waals surface area contributed by atoms with E-state index in [9.17, 15) is 14.3 Å². The molecule has 1 aromatic rings. The molecule has 0 spiro atoms. The van der Waals surface area contributed by atoms with Crippen molar-refractivity contribution in [3.05, 3.63) is 35.9 Å². The van der Waals surface area contributed by atoms with Crippen LogP contribution < -0.4 is 10.6 Å². The van der Waals surface area contributed by atoms with Crippen molar-refractivity contribution in [2.75, 3.05) is 20.8 Å². The summed E-state index contributed by atoms with van der Waals surface area (Å²) in [6, 6.07) is 11.1. The number of nitrogens with one attached hydrogen (secondary N) is 2. The van der Waals surface area contributed by atoms with Crippen molar-refractivity contribution in [2.24, 2.45) is 5.92 Å². The van der Waals surface area contributed by atoms with Crippen molar-refractivity contribution in [3.8, 4) is 119 Å². The number of ether oxygens (including phenoxy) is 3. The molecule has 1 aliphatic rings. The van der Waals surface area contributed by atoms with E-state index in [1.165, 1.54) is 7.11 Å². The molecule has 0 heterocycles. The molecule has 0 bridgehead atoms. The summed E-state index contributed by atoms with van der Waals surface area (Å²) >= 11 is 5.32. The van der Waals surface area contributed by atoms with Gasteiger partial charge in [-0.1, -0.05) is 36.3 Å². The predicted octanol–water partition coefficient (Wildman–Crippen LogP) is 2.35. The lowest BCUT2D eigenvalue weighted by Gasteiger charge is -2.27. The highest BCUT2D eigenvalue weighted by Gasteiger charge is 2.48. The second-order valence-corrected chi connectivity index (χ2v) is 11.0. The maximum Gasteiger partial charge on any atom is 0.508 e. The highest BCUT2D eigenvalue weighted by Crippen LogP contribution is 2.48. The van der Waals surface area contributed by atoms with Crippen LogP contribution in [0.15, 0.2) is 30.3 Å². The van der Waals surface area contributed by atoms with Gasteiger partial charge >= 0.3 is 14.0 Å². The Hall–Kier alpha value is -6.15. The molecule has 1 aliphatic carbocycles. The molecular formula is C38H27N2O8PS. The van der Waals surface area contributed by atoms with Crippen molar-refractivity contribution in [1.29, 1.82) is 0 Å². The van der Waals surface area contributed by atoms with Crippen molar-refractivity contribution in [2.45, 2.75) is 38.2 Å². The lowest BCUT2D eigenvalue weighted by molar-refractivity contribution is -0.0317. The number of phosphoric ester groups is 1. The average molecular weight is 703 g/mol. The summed E-state index contributed by atoms with van der Waals surface area (Å²) in [7, 11) is -2.00. The van der Waals surface area contributed by atoms with Gasteiger partial charge in [0.25, 0.3) is 0 Å². The standard InChI is InChI=1S/C38H27N2O8PS/c1-4-5-6-7-8-9-10-11-12-13-14-15-16-17-18-19-20-21-25-28-39-37(50)40-34-29-33(35(36(34)44-2)48-49(42,43)45-3)31-47-38(41)46-30-32-26-23-22-24-27-32/h22-24,26-27,33-36H,29-31H2,1-3H3,(H,42,43)(H2,39,40,50)/t33-,34-,35?,36-/m1/s1. The van der Waals surface area contributed by atoms with E-state index in [0.717, 1.165) is 12.7 Å². The van der Waals surface area contributed by atoms with E-state index in [0.29, 0.717) is 0 Å². The number of hydrogen-bond acceptors (Lipinski definition) is 8. The predicted molar refractivity (Wildman–Crippen MR) is 189 cm³/mol. The zero-order valence-electron chi connectivity index (χ0n) is 27.0. The van der Waals surface area contributed by atoms with Crippen LogP contribution in [0.1, 0.15) is 18.9 Å². The van der Waals surface area contributed by atoms with Gasteiger partial charge < -0.3 is 24.4 Å². The molecule has 2 unspecified atom stereocenters. The van der Waals surface area contributed by atoms with Gasteiger partial charge in [-0.2, -0.15) is 0 Å². The van der Waals surface area contributed by atoms with Crippen LogP contribution in [0.2, 0.25) is 0 Å². The van der Waals surface area contributed by atoms with Crippen molar-refractivity contribution >= 4 is 31.3 Å². The molecule has 50 heavy (non-hydrogen) atoms. The van der Waals surface area contributed by atoms with Crippen LogP contribution >= 0.6 is 20.0 Å². The number of benzene rings is 1. The maximum absolute atomic E-state index is 12.3. The third kappa shape index (κ3) is 17.1. The molecule has 0 amide bonds. The minimum Gasteiger partial charge on any atom is -0.434 e. The third-order valence-corrected chi connectivity index (χ3v) is 7.05. The molecule has 1 aromatic carbocycles. The van der Waals surface area contributed by atoms with Gasteiger partial charge in [0.05, 0.1) is 6.04 Å². The SMILES string of the molecule is CC#CC#CC#CC#CC#CC#CC#CC#CC#CC#CNC(=S)N[C@@H]1C[C@H](COC(=O)OCc2ccccc2)C(OP(=O)(O)OC)[C@@H]1OC. The number of carbonyl (C=O) groups excluding carboxylic acids is 1. The van der Waals surface area contributed by atoms with E-state index in [2.05, 4.69) is 134 Å². The average Bonchev–Trinajstić information content (AvgIpc) is 3.43. The fourth-order valence-electron chi connectivity index (χ4n) is 3.86. The summed E-state index contributed by atoms with van der Waals surface area (Å²) in [6.45, 7) is 1.50. The molecule has 0 radical (unpaired) electrons. The Morgan fingerprint density at radius 2 is 1.34 bits per heavy atom. The first-order chi connectivity index (χ1) is 24.3. The Kier molecular flexibility index (Phi) is 19.3. The van der Waals surface area contributed by atoms with E-state index >= 15 is 0 Å². The second kappa shape index (κ2) is 24.1. The Morgan fingerprint density at radius 1 is 0.820 bits per heavy atom. The van der Waals surface area contributed by atoms with Gasteiger partial charge in [0.2, 0.25) is 0 Å². The van der Waals surface area contributed by atoms with Gasteiger partial charge in [-0.25, -0.2) is 9.36 Å². The third-order valence-electron chi connectivity index (χ3n) is 5.86. The van der Waals surface area contributed by atoms with E-state index < -0.39 is 38.1 Å². The van der Waals surface area contributed by atoms with Crippen LogP contribution in [0, 0.1) is 124 Å². The van der Waals surface area contributed by atoms with Gasteiger partial charge in [-0.05, 0) is 78.5 Å². The van der Waals surface area contributed by atoms with E-state index in [1.807, 2.05) is 18.2 Å². The highest BCUT2D eigenvalue weighted by molar-refractivity contribution is 7.80. The fourth-order valence-corrected chi connectivity index (χ4v) is 4.74. The lowest BCUT2D eigenvalue weighted by atomic mass is 10.1. The summed E-state index contributed by atoms with van der Waals surface area (Å²) in [4.78, 5) is 22.2. The second-order valence-electron chi connectivity index (χ2n) is 9.08. The molecular weight excluding hydrogens is 675 g/mol. The molecule has 1 saturated carbocycles. The van der Waals surface area contributed by atoms with Gasteiger partial charge in [0, 0.05) is 85.4 Å². The first-order valence-electron chi connectivity index (χ1n) is 14.2. The number of hydrogen-bond donors (Lipinski definition) is 3. The van der Waals surface area contributed by atoms with Gasteiger partial charge in [-0.15, -0.1) is 0 Å². The molecule has 0 saturated heterocycles. The monoisotopic (exact) mass is 702 g/mol. The van der Waals surface area contributed by atoms with E-state index in [1.54, 1.807) is 19.1 Å². The van der Waals surface area contributed by atoms with Gasteiger partial charge in [0.15, 0.2) is 5.11 Å². The quantitative estimate of drug-likeness (QED) is 0.116. The number of methoxy groups -OCH3 is 1. The normalized spacial score (nSPS) is 16.7. The van der Waals surface area contributed by atoms with Crippen LogP contribution in [0.3, 0.4) is 0 Å². The fraction of sp³-hybridized carbons (Fsp3) is 0.263. The molecule has 248 valence electrons. The summed E-state index contributed by atoms with van der Waals surface area (Å²) < 4.78 is 38.2. The number of thiocarbonyl (C=S) groups is 1. The molecule has 12 heteroatoms. The molecule has 1 fully saturated rings. The van der Waals surface area contributed by atoms with E-state index in [4.69, 9.17) is 31.0 Å². The summed E-state index contributed by atoms with van der Waals surface area (Å²) in [6.07, 6.45) is -2.43. The van der Waals surface area contributed by atoms with Crippen LogP contribution in [0.25, 0.3) is 0 Å². The molecule has 0 aromatic heterocycles. The molecule has 0 aliphatic heterocycles. The maximum atomic E-state index is 12.3. The molecule has 2 rings (SSSR count). The Morgan fingerprint density at radius 3 is 1.84 bits per heavy atom. The molecule has 5 atom stereocenters. The van der Waals surface area contributed by atoms with Crippen LogP contribution in [0.4, 0.5) is 4.79 Å². The minimum atomic E-state index is -4.43. The first-order valence-corrected chi connectivity index (χ1v) is 16.1. The van der Waals surface area contributed by atoms with Crippen LogP contribution in [-0.2, 0) is 34.4 Å². The largest absolute Gasteiger partial charge is 0.508 e. The van der Waals surface area contributed by atoms with Crippen LogP contribution in [0.5, 0.6) is 0 Å². The number of carbonyl (C=O) groups is 1. The van der Waals surface area contributed by atoms with Crippen LogP contribution in [-0.4, -0.2) is 55.2 Å². The van der Waals surface area contributed by atoms with Crippen molar-refractivity contribution in [1.82, 2.24) is 10.6 Å². The van der Waals surface area contributed by atoms with Gasteiger partial charge in [0.1, 0.15) is 25.4 Å². The summed E-state index contributed by atoms with van der Waals surface area (Å²) in [5, 5.41) is 5.83. The smallest absolute Gasteiger partial charge is 0.434 e. The first kappa shape index (κ1) is 40.0.